The summed E-state index contributed by atoms with van der Waals surface area (Å²) in [7, 11) is 0. The van der Waals surface area contributed by atoms with E-state index < -0.39 is 0 Å². The first-order chi connectivity index (χ1) is 7.31. The summed E-state index contributed by atoms with van der Waals surface area (Å²) in [5.41, 5.74) is 7.21. The molecule has 0 aliphatic carbocycles. The summed E-state index contributed by atoms with van der Waals surface area (Å²) in [6.07, 6.45) is 2.63. The number of benzene rings is 1. The summed E-state index contributed by atoms with van der Waals surface area (Å²) in [4.78, 5) is 2.49. The van der Waals surface area contributed by atoms with Crippen molar-refractivity contribution in [2.75, 3.05) is 19.6 Å². The highest BCUT2D eigenvalue weighted by molar-refractivity contribution is 9.10. The fourth-order valence-corrected chi connectivity index (χ4v) is 2.50. The van der Waals surface area contributed by atoms with Gasteiger partial charge in [0.05, 0.1) is 0 Å². The minimum absolute atomic E-state index is 0.403. The molecule has 1 fully saturated rings. The Morgan fingerprint density at radius 1 is 1.20 bits per heavy atom. The molecule has 1 atom stereocenters. The third-order valence-corrected chi connectivity index (χ3v) is 3.59. The van der Waals surface area contributed by atoms with Gasteiger partial charge in [0.1, 0.15) is 0 Å². The maximum absolute atomic E-state index is 5.87. The zero-order valence-electron chi connectivity index (χ0n) is 8.82. The Morgan fingerprint density at radius 3 is 2.33 bits per heavy atom. The topological polar surface area (TPSA) is 29.3 Å². The Kier molecular flexibility index (Phi) is 3.78. The van der Waals surface area contributed by atoms with Crippen molar-refractivity contribution >= 4 is 15.9 Å². The third kappa shape index (κ3) is 2.60. The second-order valence-electron chi connectivity index (χ2n) is 4.05. The molecule has 1 heterocycles. The van der Waals surface area contributed by atoms with Crippen LogP contribution in [0, 0.1) is 0 Å². The third-order valence-electron chi connectivity index (χ3n) is 3.06. The van der Waals surface area contributed by atoms with E-state index in [1.807, 2.05) is 0 Å². The Hall–Kier alpha value is -0.380. The maximum atomic E-state index is 5.87. The Morgan fingerprint density at radius 2 is 1.80 bits per heavy atom. The van der Waals surface area contributed by atoms with E-state index in [-0.39, 0.29) is 0 Å². The van der Waals surface area contributed by atoms with Gasteiger partial charge in [-0.3, -0.25) is 4.90 Å². The molecule has 0 radical (unpaired) electrons. The van der Waals surface area contributed by atoms with Crippen LogP contribution in [0.4, 0.5) is 0 Å². The molecule has 2 N–H and O–H groups in total. The number of halogens is 1. The molecule has 1 aromatic carbocycles. The van der Waals surface area contributed by atoms with E-state index in [4.69, 9.17) is 5.73 Å². The van der Waals surface area contributed by atoms with Crippen molar-refractivity contribution in [3.05, 3.63) is 34.3 Å². The first-order valence-electron chi connectivity index (χ1n) is 5.51. The van der Waals surface area contributed by atoms with Crippen LogP contribution in [0.1, 0.15) is 24.4 Å². The lowest BCUT2D eigenvalue weighted by Crippen LogP contribution is -2.31. The number of hydrogen-bond donors (Lipinski definition) is 1. The normalized spacial score (nSPS) is 19.3. The highest BCUT2D eigenvalue weighted by Crippen LogP contribution is 2.25. The van der Waals surface area contributed by atoms with Crippen LogP contribution in [-0.4, -0.2) is 24.5 Å². The van der Waals surface area contributed by atoms with Crippen molar-refractivity contribution in [2.24, 2.45) is 5.73 Å². The zero-order chi connectivity index (χ0) is 10.7. The molecule has 0 bridgehead atoms. The van der Waals surface area contributed by atoms with Crippen LogP contribution in [0.2, 0.25) is 0 Å². The van der Waals surface area contributed by atoms with Crippen molar-refractivity contribution in [3.63, 3.8) is 0 Å². The molecule has 3 heteroatoms. The first-order valence-corrected chi connectivity index (χ1v) is 6.30. The van der Waals surface area contributed by atoms with Crippen molar-refractivity contribution in [1.29, 1.82) is 0 Å². The fourth-order valence-electron chi connectivity index (χ4n) is 2.23. The molecule has 82 valence electrons. The number of likely N-dealkylation sites (tertiary alicyclic amines) is 1. The highest BCUT2D eigenvalue weighted by Gasteiger charge is 2.21. The van der Waals surface area contributed by atoms with E-state index in [1.165, 1.54) is 31.5 Å². The lowest BCUT2D eigenvalue weighted by atomic mass is 10.1. The van der Waals surface area contributed by atoms with Gasteiger partial charge >= 0.3 is 0 Å². The second-order valence-corrected chi connectivity index (χ2v) is 4.96. The smallest absolute Gasteiger partial charge is 0.0470 e. The van der Waals surface area contributed by atoms with Gasteiger partial charge in [-0.05, 0) is 43.6 Å². The summed E-state index contributed by atoms with van der Waals surface area (Å²) < 4.78 is 1.13. The van der Waals surface area contributed by atoms with Gasteiger partial charge in [0.15, 0.2) is 0 Å². The highest BCUT2D eigenvalue weighted by atomic mass is 79.9. The molecule has 1 aromatic rings. The van der Waals surface area contributed by atoms with Crippen molar-refractivity contribution < 1.29 is 0 Å². The van der Waals surface area contributed by atoms with Gasteiger partial charge in [0, 0.05) is 17.1 Å². The van der Waals surface area contributed by atoms with E-state index in [0.29, 0.717) is 12.6 Å². The van der Waals surface area contributed by atoms with Gasteiger partial charge in [0.25, 0.3) is 0 Å². The standard InChI is InChI=1S/C12H17BrN2/c13-11-5-3-10(4-6-11)12(9-14)15-7-1-2-8-15/h3-6,12H,1-2,7-9,14H2/t12-/m0/s1. The minimum Gasteiger partial charge on any atom is -0.329 e. The predicted octanol–water partition coefficient (Wildman–Crippen LogP) is 2.54. The Bertz CT molecular complexity index is 304. The van der Waals surface area contributed by atoms with Gasteiger partial charge < -0.3 is 5.73 Å². The van der Waals surface area contributed by atoms with Crippen molar-refractivity contribution in [1.82, 2.24) is 4.90 Å². The average Bonchev–Trinajstić information content (AvgIpc) is 2.75. The molecule has 2 nitrogen and oxygen atoms in total. The van der Waals surface area contributed by atoms with Crippen LogP contribution < -0.4 is 5.73 Å². The molecule has 0 amide bonds. The first kappa shape index (κ1) is 11.1. The minimum atomic E-state index is 0.403. The zero-order valence-corrected chi connectivity index (χ0v) is 10.4. The quantitative estimate of drug-likeness (QED) is 0.913. The second kappa shape index (κ2) is 5.10. The SMILES string of the molecule is NC[C@@H](c1ccc(Br)cc1)N1CCCC1. The van der Waals surface area contributed by atoms with Crippen LogP contribution >= 0.6 is 15.9 Å². The van der Waals surface area contributed by atoms with Crippen LogP contribution in [0.15, 0.2) is 28.7 Å². The molecule has 15 heavy (non-hydrogen) atoms. The van der Waals surface area contributed by atoms with Gasteiger partial charge in [0.2, 0.25) is 0 Å². The fraction of sp³-hybridized carbons (Fsp3) is 0.500. The summed E-state index contributed by atoms with van der Waals surface area (Å²) in [5, 5.41) is 0. The van der Waals surface area contributed by atoms with E-state index in [2.05, 4.69) is 45.1 Å². The van der Waals surface area contributed by atoms with Crippen LogP contribution in [-0.2, 0) is 0 Å². The molecule has 0 unspecified atom stereocenters. The van der Waals surface area contributed by atoms with Crippen LogP contribution in [0.5, 0.6) is 0 Å². The van der Waals surface area contributed by atoms with Crippen molar-refractivity contribution in [2.45, 2.75) is 18.9 Å². The van der Waals surface area contributed by atoms with Gasteiger partial charge in [-0.25, -0.2) is 0 Å². The van der Waals surface area contributed by atoms with Crippen LogP contribution in [0.25, 0.3) is 0 Å². The average molecular weight is 269 g/mol. The predicted molar refractivity (Wildman–Crippen MR) is 66.7 cm³/mol. The lowest BCUT2D eigenvalue weighted by molar-refractivity contribution is 0.251. The molecule has 1 aliphatic heterocycles. The summed E-state index contributed by atoms with van der Waals surface area (Å²) in [6.45, 7) is 3.09. The molecule has 1 aliphatic rings. The Labute approximate surface area is 99.6 Å². The Balaban J connectivity index is 2.14. The molecule has 2 rings (SSSR count). The molecule has 0 saturated carbocycles. The van der Waals surface area contributed by atoms with Gasteiger partial charge in [-0.2, -0.15) is 0 Å². The van der Waals surface area contributed by atoms with Gasteiger partial charge in [-0.1, -0.05) is 28.1 Å². The van der Waals surface area contributed by atoms with E-state index in [9.17, 15) is 0 Å². The number of nitrogens with two attached hydrogens (primary N) is 1. The molecule has 0 spiro atoms. The summed E-state index contributed by atoms with van der Waals surface area (Å²) >= 11 is 3.46. The van der Waals surface area contributed by atoms with E-state index in [0.717, 1.165) is 4.47 Å². The largest absolute Gasteiger partial charge is 0.329 e. The van der Waals surface area contributed by atoms with Crippen molar-refractivity contribution in [3.8, 4) is 0 Å². The maximum Gasteiger partial charge on any atom is 0.0470 e. The number of rotatable bonds is 3. The molecular formula is C12H17BrN2. The summed E-state index contributed by atoms with van der Waals surface area (Å²) in [6, 6.07) is 8.92. The van der Waals surface area contributed by atoms with E-state index in [1.54, 1.807) is 0 Å². The molecule has 0 aromatic heterocycles. The number of nitrogens with zero attached hydrogens (tertiary/aromatic N) is 1. The van der Waals surface area contributed by atoms with Gasteiger partial charge in [-0.15, -0.1) is 0 Å². The summed E-state index contributed by atoms with van der Waals surface area (Å²) in [5.74, 6) is 0. The molecule has 1 saturated heterocycles. The van der Waals surface area contributed by atoms with Crippen LogP contribution in [0.3, 0.4) is 0 Å². The lowest BCUT2D eigenvalue weighted by Gasteiger charge is -2.26. The monoisotopic (exact) mass is 268 g/mol. The molecular weight excluding hydrogens is 252 g/mol. The van der Waals surface area contributed by atoms with E-state index >= 15 is 0 Å². The number of hydrogen-bond acceptors (Lipinski definition) is 2.